The van der Waals surface area contributed by atoms with E-state index in [2.05, 4.69) is 27.6 Å². The molecule has 6 rings (SSSR count). The van der Waals surface area contributed by atoms with Crippen LogP contribution < -0.4 is 10.6 Å². The highest BCUT2D eigenvalue weighted by atomic mass is 16.2. The van der Waals surface area contributed by atoms with Crippen LogP contribution in [0.25, 0.3) is 0 Å². The Balaban J connectivity index is 0.986. The van der Waals surface area contributed by atoms with E-state index in [0.29, 0.717) is 23.1 Å². The number of nitrogens with one attached hydrogen (secondary N) is 2. The van der Waals surface area contributed by atoms with Crippen molar-refractivity contribution in [3.8, 4) is 0 Å². The largest absolute Gasteiger partial charge is 0.385 e. The molecule has 1 atom stereocenters. The number of imide groups is 2. The van der Waals surface area contributed by atoms with Crippen LogP contribution in [-0.4, -0.2) is 50.9 Å². The number of carbonyl (C=O) groups is 4. The first-order chi connectivity index (χ1) is 17.0. The fourth-order valence-electron chi connectivity index (χ4n) is 5.51. The number of nitrogens with zero attached hydrogens (tertiary/aromatic N) is 3. The summed E-state index contributed by atoms with van der Waals surface area (Å²) in [6, 6.07) is 6.90. The topological polar surface area (TPSA) is 113 Å². The molecule has 9 heteroatoms. The molecule has 2 aromatic rings. The minimum Gasteiger partial charge on any atom is -0.385 e. The lowest BCUT2D eigenvalue weighted by molar-refractivity contribution is -0.136. The highest BCUT2D eigenvalue weighted by Gasteiger charge is 2.44. The second kappa shape index (κ2) is 8.62. The van der Waals surface area contributed by atoms with Crippen molar-refractivity contribution in [3.63, 3.8) is 0 Å². The van der Waals surface area contributed by atoms with Gasteiger partial charge in [-0.15, -0.1) is 0 Å². The Kier molecular flexibility index (Phi) is 5.42. The molecule has 1 saturated heterocycles. The number of amides is 4. The molecule has 0 bridgehead atoms. The van der Waals surface area contributed by atoms with E-state index < -0.39 is 23.8 Å². The van der Waals surface area contributed by atoms with Crippen LogP contribution >= 0.6 is 0 Å². The molecule has 4 amide bonds. The third-order valence-electron chi connectivity index (χ3n) is 7.77. The lowest BCUT2D eigenvalue weighted by Crippen LogP contribution is -2.54. The molecule has 1 aromatic heterocycles. The second-order valence-corrected chi connectivity index (χ2v) is 10.3. The number of anilines is 1. The summed E-state index contributed by atoms with van der Waals surface area (Å²) in [4.78, 5) is 50.4. The molecule has 1 aromatic carbocycles. The summed E-state index contributed by atoms with van der Waals surface area (Å²) in [5.74, 6) is -0.513. The molecule has 182 valence electrons. The van der Waals surface area contributed by atoms with Crippen LogP contribution in [0.3, 0.4) is 0 Å². The highest BCUT2D eigenvalue weighted by Crippen LogP contribution is 2.42. The average Bonchev–Trinajstić information content (AvgIpc) is 3.50. The van der Waals surface area contributed by atoms with E-state index in [9.17, 15) is 19.2 Å². The van der Waals surface area contributed by atoms with Gasteiger partial charge in [0, 0.05) is 30.8 Å². The highest BCUT2D eigenvalue weighted by molar-refractivity contribution is 6.23. The summed E-state index contributed by atoms with van der Waals surface area (Å²) in [6.45, 7) is 0.784. The van der Waals surface area contributed by atoms with E-state index >= 15 is 0 Å². The number of hydrogen-bond donors (Lipinski definition) is 2. The van der Waals surface area contributed by atoms with E-state index in [-0.39, 0.29) is 18.7 Å². The van der Waals surface area contributed by atoms with E-state index in [1.165, 1.54) is 31.4 Å². The zero-order valence-electron chi connectivity index (χ0n) is 19.5. The third-order valence-corrected chi connectivity index (χ3v) is 7.77. The minimum atomic E-state index is -0.940. The summed E-state index contributed by atoms with van der Waals surface area (Å²) in [5.41, 5.74) is 2.64. The van der Waals surface area contributed by atoms with Gasteiger partial charge in [-0.2, -0.15) is 5.10 Å². The average molecular weight is 476 g/mol. The van der Waals surface area contributed by atoms with Crippen LogP contribution in [-0.2, 0) is 9.59 Å². The predicted molar refractivity (Wildman–Crippen MR) is 127 cm³/mol. The molecule has 4 aliphatic rings. The Bertz CT molecular complexity index is 1210. The molecule has 2 saturated carbocycles. The first-order valence-corrected chi connectivity index (χ1v) is 12.6. The molecule has 0 radical (unpaired) electrons. The fraction of sp³-hybridized carbons (Fsp3) is 0.500. The van der Waals surface area contributed by atoms with E-state index in [0.717, 1.165) is 35.9 Å². The third kappa shape index (κ3) is 4.13. The van der Waals surface area contributed by atoms with Crippen LogP contribution in [0.5, 0.6) is 0 Å². The molecule has 3 heterocycles. The lowest BCUT2D eigenvalue weighted by atomic mass is 9.77. The molecule has 2 aliphatic carbocycles. The van der Waals surface area contributed by atoms with Crippen molar-refractivity contribution < 1.29 is 19.2 Å². The zero-order chi connectivity index (χ0) is 24.1. The molecule has 3 fully saturated rings. The first kappa shape index (κ1) is 22.0. The maximum atomic E-state index is 12.9. The molecule has 35 heavy (non-hydrogen) atoms. The molecule has 1 unspecified atom stereocenters. The predicted octanol–water partition coefficient (Wildman–Crippen LogP) is 3.01. The quantitative estimate of drug-likeness (QED) is 0.448. The van der Waals surface area contributed by atoms with Crippen LogP contribution in [0.15, 0.2) is 30.5 Å². The Morgan fingerprint density at radius 3 is 2.57 bits per heavy atom. The molecular weight excluding hydrogens is 446 g/mol. The van der Waals surface area contributed by atoms with Crippen molar-refractivity contribution in [1.29, 1.82) is 0 Å². The fourth-order valence-corrected chi connectivity index (χ4v) is 5.51. The number of fused-ring (bicyclic) bond motifs is 1. The Hall–Kier alpha value is -3.49. The summed E-state index contributed by atoms with van der Waals surface area (Å²) >= 11 is 0. The van der Waals surface area contributed by atoms with Gasteiger partial charge < -0.3 is 5.32 Å². The molecule has 2 aliphatic heterocycles. The van der Waals surface area contributed by atoms with E-state index in [4.69, 9.17) is 5.10 Å². The molecule has 0 spiro atoms. The van der Waals surface area contributed by atoms with Gasteiger partial charge in [0.05, 0.1) is 22.9 Å². The summed E-state index contributed by atoms with van der Waals surface area (Å²) in [6.07, 6.45) is 9.50. The van der Waals surface area contributed by atoms with E-state index in [1.807, 2.05) is 0 Å². The summed E-state index contributed by atoms with van der Waals surface area (Å²) in [5, 5.41) is 10.3. The smallest absolute Gasteiger partial charge is 0.262 e. The molecule has 2 N–H and O–H groups in total. The first-order valence-electron chi connectivity index (χ1n) is 12.6. The number of rotatable bonds is 8. The van der Waals surface area contributed by atoms with Gasteiger partial charge in [-0.25, -0.2) is 0 Å². The standard InChI is InChI=1S/C26H29N5O4/c32-23-8-7-22(24(33)28-23)31-25(34)19-6-5-17(14-20(19)26(31)35)27-10-1-2-15-12-18(13-15)30-11-9-21(29-30)16-3-4-16/h5-6,9,11,14-16,18,22,27H,1-4,7-8,10,12-13H2,(H,28,32,33)/t15-,18-,22?. The van der Waals surface area contributed by atoms with Crippen LogP contribution in [0.1, 0.15) is 89.7 Å². The number of piperidine rings is 1. The van der Waals surface area contributed by atoms with Crippen molar-refractivity contribution in [2.45, 2.75) is 69.4 Å². The van der Waals surface area contributed by atoms with Gasteiger partial charge in [-0.1, -0.05) is 0 Å². The SMILES string of the molecule is O=C1CCC(N2C(=O)c3ccc(NCCC[C@H]4C[C@H](n5ccc(C6CC6)n5)C4)cc3C2=O)C(=O)N1. The van der Waals surface area contributed by atoms with Gasteiger partial charge in [0.2, 0.25) is 11.8 Å². The zero-order valence-corrected chi connectivity index (χ0v) is 19.5. The van der Waals surface area contributed by atoms with Crippen molar-refractivity contribution in [2.75, 3.05) is 11.9 Å². The van der Waals surface area contributed by atoms with Crippen LogP contribution in [0, 0.1) is 5.92 Å². The Morgan fingerprint density at radius 1 is 1.00 bits per heavy atom. The summed E-state index contributed by atoms with van der Waals surface area (Å²) in [7, 11) is 0. The van der Waals surface area contributed by atoms with Crippen LogP contribution in [0.2, 0.25) is 0 Å². The summed E-state index contributed by atoms with van der Waals surface area (Å²) < 4.78 is 2.16. The maximum Gasteiger partial charge on any atom is 0.262 e. The maximum absolute atomic E-state index is 12.9. The molecule has 9 nitrogen and oxygen atoms in total. The normalized spacial score (nSPS) is 25.9. The number of carbonyl (C=O) groups excluding carboxylic acids is 4. The van der Waals surface area contributed by atoms with Crippen molar-refractivity contribution in [2.24, 2.45) is 5.92 Å². The number of benzene rings is 1. The van der Waals surface area contributed by atoms with Gasteiger partial charge in [-0.05, 0) is 75.1 Å². The van der Waals surface area contributed by atoms with Gasteiger partial charge in [0.1, 0.15) is 6.04 Å². The van der Waals surface area contributed by atoms with Gasteiger partial charge in [0.15, 0.2) is 0 Å². The molecular formula is C26H29N5O4. The van der Waals surface area contributed by atoms with Crippen LogP contribution in [0.4, 0.5) is 5.69 Å². The number of hydrogen-bond acceptors (Lipinski definition) is 6. The Labute approximate surface area is 203 Å². The van der Waals surface area contributed by atoms with Gasteiger partial charge >= 0.3 is 0 Å². The van der Waals surface area contributed by atoms with Gasteiger partial charge in [-0.3, -0.25) is 34.1 Å². The van der Waals surface area contributed by atoms with Crippen molar-refractivity contribution >= 4 is 29.3 Å². The van der Waals surface area contributed by atoms with Crippen molar-refractivity contribution in [3.05, 3.63) is 47.3 Å². The minimum absolute atomic E-state index is 0.113. The van der Waals surface area contributed by atoms with Gasteiger partial charge in [0.25, 0.3) is 11.8 Å². The van der Waals surface area contributed by atoms with Crippen molar-refractivity contribution in [1.82, 2.24) is 20.0 Å². The van der Waals surface area contributed by atoms with E-state index in [1.54, 1.807) is 18.2 Å². The number of aromatic nitrogens is 2. The monoisotopic (exact) mass is 475 g/mol. The second-order valence-electron chi connectivity index (χ2n) is 10.3. The lowest BCUT2D eigenvalue weighted by Gasteiger charge is -2.35. The Morgan fingerprint density at radius 2 is 1.80 bits per heavy atom.